The lowest BCUT2D eigenvalue weighted by Gasteiger charge is -2.49. The SMILES string of the molecule is CC1(C)CC(N2CC/C(=C/C(N)=C3/NC=C(/C(C=N)=C/N)C=C3F)C2=N)CC(C)(C)N1. The molecule has 3 aliphatic rings. The molecule has 0 spiro atoms. The maximum Gasteiger partial charge on any atom is 0.149 e. The van der Waals surface area contributed by atoms with E-state index in [0.717, 1.165) is 31.2 Å². The van der Waals surface area contributed by atoms with Crippen molar-refractivity contribution in [3.05, 3.63) is 58.5 Å². The third kappa shape index (κ3) is 4.90. The first-order valence-electron chi connectivity index (χ1n) is 10.6. The average Bonchev–Trinajstić information content (AvgIpc) is 3.00. The fourth-order valence-corrected chi connectivity index (χ4v) is 4.99. The van der Waals surface area contributed by atoms with Gasteiger partial charge >= 0.3 is 0 Å². The van der Waals surface area contributed by atoms with Gasteiger partial charge in [0.25, 0.3) is 0 Å². The largest absolute Gasteiger partial charge is 0.404 e. The summed E-state index contributed by atoms with van der Waals surface area (Å²) in [5.41, 5.74) is 13.7. The van der Waals surface area contributed by atoms with Crippen LogP contribution in [0.2, 0.25) is 0 Å². The van der Waals surface area contributed by atoms with Gasteiger partial charge in [0.1, 0.15) is 11.7 Å². The van der Waals surface area contributed by atoms with Crippen LogP contribution in [0.5, 0.6) is 0 Å². The number of nitrogens with zero attached hydrogens (tertiary/aromatic N) is 1. The first-order chi connectivity index (χ1) is 14.5. The van der Waals surface area contributed by atoms with Crippen LogP contribution in [0.4, 0.5) is 4.39 Å². The normalized spacial score (nSPS) is 27.0. The van der Waals surface area contributed by atoms with Gasteiger partial charge in [-0.15, -0.1) is 0 Å². The molecular formula is C23H34FN7. The van der Waals surface area contributed by atoms with Crippen molar-refractivity contribution in [2.75, 3.05) is 6.54 Å². The number of rotatable bonds is 4. The van der Waals surface area contributed by atoms with E-state index in [-0.39, 0.29) is 28.5 Å². The molecular weight excluding hydrogens is 393 g/mol. The van der Waals surface area contributed by atoms with E-state index in [2.05, 4.69) is 43.2 Å². The van der Waals surface area contributed by atoms with Crippen molar-refractivity contribution in [3.8, 4) is 0 Å². The van der Waals surface area contributed by atoms with Crippen molar-refractivity contribution >= 4 is 12.1 Å². The van der Waals surface area contributed by atoms with E-state index in [1.54, 1.807) is 12.3 Å². The summed E-state index contributed by atoms with van der Waals surface area (Å²) in [5, 5.41) is 22.6. The number of nitrogens with one attached hydrogen (secondary N) is 4. The monoisotopic (exact) mass is 427 g/mol. The maximum atomic E-state index is 14.7. The summed E-state index contributed by atoms with van der Waals surface area (Å²) in [7, 11) is 0. The Hall–Kier alpha value is -2.87. The number of dihydropyridines is 1. The molecule has 0 aromatic carbocycles. The highest BCUT2D eigenvalue weighted by atomic mass is 19.1. The van der Waals surface area contributed by atoms with Crippen LogP contribution in [-0.2, 0) is 0 Å². The van der Waals surface area contributed by atoms with Crippen LogP contribution in [0.1, 0.15) is 47.0 Å². The van der Waals surface area contributed by atoms with Crippen LogP contribution in [-0.4, -0.2) is 40.6 Å². The molecule has 2 fully saturated rings. The number of hydrogen-bond acceptors (Lipinski definition) is 6. The predicted octanol–water partition coefficient (Wildman–Crippen LogP) is 2.91. The molecule has 0 radical (unpaired) electrons. The van der Waals surface area contributed by atoms with Crippen LogP contribution in [0.15, 0.2) is 58.5 Å². The quantitative estimate of drug-likeness (QED) is 0.385. The second-order valence-electron chi connectivity index (χ2n) is 9.75. The van der Waals surface area contributed by atoms with Crippen LogP contribution in [0.3, 0.4) is 0 Å². The summed E-state index contributed by atoms with van der Waals surface area (Å²) in [4.78, 5) is 2.16. The van der Waals surface area contributed by atoms with Crippen molar-refractivity contribution in [2.24, 2.45) is 11.5 Å². The Morgan fingerprint density at radius 1 is 1.26 bits per heavy atom. The standard InChI is InChI=1S/C23H34FN7/c1-22(2)9-17(10-23(3,4)30-22)31-6-5-14(21(31)28)8-19(27)20-18(24)7-15(13-29-20)16(11-25)12-26/h7-8,11-13,17,25,28-30H,5-6,9-10,26-27H2,1-4H3/b14-8-,16-12+,20-19-,25-11?,28-21?. The van der Waals surface area contributed by atoms with E-state index in [1.807, 2.05) is 0 Å². The third-order valence-corrected chi connectivity index (χ3v) is 6.00. The molecule has 0 aliphatic carbocycles. The molecule has 0 bridgehead atoms. The molecule has 3 rings (SSSR count). The van der Waals surface area contributed by atoms with Crippen molar-refractivity contribution in [3.63, 3.8) is 0 Å². The van der Waals surface area contributed by atoms with Gasteiger partial charge in [0.15, 0.2) is 0 Å². The predicted molar refractivity (Wildman–Crippen MR) is 124 cm³/mol. The van der Waals surface area contributed by atoms with E-state index in [9.17, 15) is 4.39 Å². The Balaban J connectivity index is 1.79. The van der Waals surface area contributed by atoms with E-state index in [4.69, 9.17) is 22.3 Å². The van der Waals surface area contributed by atoms with Gasteiger partial charge in [0.05, 0.1) is 11.4 Å². The number of likely N-dealkylation sites (tertiary alicyclic amines) is 1. The average molecular weight is 428 g/mol. The second-order valence-corrected chi connectivity index (χ2v) is 9.75. The number of piperidine rings is 1. The molecule has 0 atom stereocenters. The summed E-state index contributed by atoms with van der Waals surface area (Å²) in [6, 6.07) is 0.274. The van der Waals surface area contributed by atoms with Gasteiger partial charge in [-0.3, -0.25) is 5.41 Å². The number of nitrogens with two attached hydrogens (primary N) is 2. The Labute approximate surface area is 183 Å². The summed E-state index contributed by atoms with van der Waals surface area (Å²) in [6.45, 7) is 9.58. The second kappa shape index (κ2) is 8.34. The Bertz CT molecular complexity index is 918. The minimum absolute atomic E-state index is 0.00252. The molecule has 0 aromatic heterocycles. The van der Waals surface area contributed by atoms with Gasteiger partial charge in [0.2, 0.25) is 0 Å². The molecule has 2 saturated heterocycles. The van der Waals surface area contributed by atoms with Gasteiger partial charge in [-0.25, -0.2) is 4.39 Å². The van der Waals surface area contributed by atoms with Crippen molar-refractivity contribution in [1.29, 1.82) is 10.8 Å². The van der Waals surface area contributed by atoms with E-state index >= 15 is 0 Å². The topological polar surface area (TPSA) is 127 Å². The van der Waals surface area contributed by atoms with Crippen LogP contribution in [0.25, 0.3) is 0 Å². The fraction of sp³-hybridized carbons (Fsp3) is 0.478. The third-order valence-electron chi connectivity index (χ3n) is 6.00. The summed E-state index contributed by atoms with van der Waals surface area (Å²) in [6.07, 6.45) is 9.50. The van der Waals surface area contributed by atoms with Crippen molar-refractivity contribution in [1.82, 2.24) is 15.5 Å². The van der Waals surface area contributed by atoms with Gasteiger partial charge in [-0.2, -0.15) is 0 Å². The maximum absolute atomic E-state index is 14.7. The zero-order valence-corrected chi connectivity index (χ0v) is 18.8. The Morgan fingerprint density at radius 2 is 1.90 bits per heavy atom. The summed E-state index contributed by atoms with van der Waals surface area (Å²) < 4.78 is 14.7. The van der Waals surface area contributed by atoms with E-state index < -0.39 is 5.83 Å². The number of hydrogen-bond donors (Lipinski definition) is 6. The van der Waals surface area contributed by atoms with Crippen LogP contribution < -0.4 is 22.1 Å². The lowest BCUT2D eigenvalue weighted by Crippen LogP contribution is -2.62. The van der Waals surface area contributed by atoms with E-state index in [0.29, 0.717) is 23.4 Å². The lowest BCUT2D eigenvalue weighted by molar-refractivity contribution is 0.107. The molecule has 8 heteroatoms. The Morgan fingerprint density at radius 3 is 2.45 bits per heavy atom. The Kier molecular flexibility index (Phi) is 6.14. The van der Waals surface area contributed by atoms with Crippen LogP contribution in [0, 0.1) is 10.8 Å². The molecule has 0 unspecified atom stereocenters. The molecule has 168 valence electrons. The smallest absolute Gasteiger partial charge is 0.149 e. The molecule has 3 aliphatic heterocycles. The lowest BCUT2D eigenvalue weighted by atomic mass is 9.79. The number of allylic oxidation sites excluding steroid dienone is 5. The zero-order chi connectivity index (χ0) is 23.0. The number of amidine groups is 1. The minimum Gasteiger partial charge on any atom is -0.404 e. The highest BCUT2D eigenvalue weighted by molar-refractivity contribution is 5.98. The van der Waals surface area contributed by atoms with Gasteiger partial charge in [-0.05, 0) is 64.7 Å². The highest BCUT2D eigenvalue weighted by Crippen LogP contribution is 2.35. The zero-order valence-electron chi connectivity index (χ0n) is 18.8. The minimum atomic E-state index is -0.531. The van der Waals surface area contributed by atoms with Crippen molar-refractivity contribution in [2.45, 2.75) is 64.1 Å². The van der Waals surface area contributed by atoms with Gasteiger partial charge in [-0.1, -0.05) is 0 Å². The summed E-state index contributed by atoms with van der Waals surface area (Å²) in [5.74, 6) is -0.0630. The summed E-state index contributed by atoms with van der Waals surface area (Å²) >= 11 is 0. The first-order valence-corrected chi connectivity index (χ1v) is 10.6. The molecule has 0 aromatic rings. The first kappa shape index (κ1) is 22.8. The van der Waals surface area contributed by atoms with Crippen LogP contribution >= 0.6 is 0 Å². The molecule has 0 amide bonds. The molecule has 0 saturated carbocycles. The van der Waals surface area contributed by atoms with E-state index in [1.165, 1.54) is 12.3 Å². The molecule has 8 N–H and O–H groups in total. The number of halogens is 1. The highest BCUT2D eigenvalue weighted by Gasteiger charge is 2.42. The molecule has 3 heterocycles. The molecule has 7 nitrogen and oxygen atoms in total. The fourth-order valence-electron chi connectivity index (χ4n) is 4.99. The van der Waals surface area contributed by atoms with Gasteiger partial charge < -0.3 is 32.4 Å². The van der Waals surface area contributed by atoms with Gasteiger partial charge in [0, 0.05) is 53.4 Å². The molecule has 31 heavy (non-hydrogen) atoms. The van der Waals surface area contributed by atoms with Crippen molar-refractivity contribution < 1.29 is 4.39 Å².